The fourth-order valence-electron chi connectivity index (χ4n) is 4.20. The molecule has 0 fully saturated rings. The summed E-state index contributed by atoms with van der Waals surface area (Å²) in [5.74, 6) is -1.27. The monoisotopic (exact) mass is 651 g/mol. The van der Waals surface area contributed by atoms with Gasteiger partial charge in [-0.1, -0.05) is 30.3 Å². The Kier molecular flexibility index (Phi) is 10.6. The van der Waals surface area contributed by atoms with Crippen LogP contribution >= 0.6 is 23.1 Å². The fourth-order valence-corrected chi connectivity index (χ4v) is 5.63. The normalized spacial score (nSPS) is 11.1. The van der Waals surface area contributed by atoms with Crippen LogP contribution in [0.4, 0.5) is 20.9 Å². The first-order valence-corrected chi connectivity index (χ1v) is 16.0. The zero-order valence-electron chi connectivity index (χ0n) is 25.0. The van der Waals surface area contributed by atoms with Crippen molar-refractivity contribution in [2.24, 2.45) is 0 Å². The van der Waals surface area contributed by atoms with E-state index in [2.05, 4.69) is 20.9 Å². The second-order valence-electron chi connectivity index (χ2n) is 10.2. The summed E-state index contributed by atoms with van der Waals surface area (Å²) in [7, 11) is 3.88. The van der Waals surface area contributed by atoms with Gasteiger partial charge in [0.15, 0.2) is 5.13 Å². The number of thiazole rings is 1. The number of rotatable bonds is 11. The van der Waals surface area contributed by atoms with Crippen LogP contribution in [0.1, 0.15) is 15.9 Å². The second-order valence-corrected chi connectivity index (χ2v) is 12.1. The van der Waals surface area contributed by atoms with Crippen LogP contribution in [-0.2, 0) is 9.59 Å². The first-order chi connectivity index (χ1) is 22.2. The molecule has 3 N–H and O–H groups in total. The van der Waals surface area contributed by atoms with Gasteiger partial charge in [0, 0.05) is 46.9 Å². The minimum atomic E-state index is -0.482. The molecule has 11 heteroatoms. The van der Waals surface area contributed by atoms with Crippen molar-refractivity contribution < 1.29 is 18.8 Å². The number of hydrogen-bond donors (Lipinski definition) is 3. The minimum absolute atomic E-state index is 0.0892. The quantitative estimate of drug-likeness (QED) is 0.104. The smallest absolute Gasteiger partial charge is 0.272 e. The van der Waals surface area contributed by atoms with Crippen molar-refractivity contribution >= 4 is 63.4 Å². The number of thioether (sulfide) groups is 1. The lowest BCUT2D eigenvalue weighted by Gasteiger charge is -2.13. The number of hydrogen-bond acceptors (Lipinski definition) is 7. The van der Waals surface area contributed by atoms with Crippen molar-refractivity contribution in [1.29, 1.82) is 0 Å². The van der Waals surface area contributed by atoms with Gasteiger partial charge in [0.05, 0.1) is 11.4 Å². The molecule has 8 nitrogen and oxygen atoms in total. The van der Waals surface area contributed by atoms with Crippen LogP contribution in [-0.4, -0.2) is 42.6 Å². The number of carbonyl (C=O) groups excluding carboxylic acids is 3. The highest BCUT2D eigenvalue weighted by molar-refractivity contribution is 8.00. The maximum Gasteiger partial charge on any atom is 0.272 e. The Labute approximate surface area is 274 Å². The topological polar surface area (TPSA) is 103 Å². The third kappa shape index (κ3) is 8.90. The van der Waals surface area contributed by atoms with Gasteiger partial charge in [-0.15, -0.1) is 23.1 Å². The predicted octanol–water partition coefficient (Wildman–Crippen LogP) is 7.16. The van der Waals surface area contributed by atoms with Crippen LogP contribution < -0.4 is 20.9 Å². The maximum atomic E-state index is 13.4. The van der Waals surface area contributed by atoms with Gasteiger partial charge in [0.2, 0.25) is 5.91 Å². The van der Waals surface area contributed by atoms with E-state index in [1.807, 2.05) is 49.3 Å². The van der Waals surface area contributed by atoms with Crippen molar-refractivity contribution in [3.05, 3.63) is 131 Å². The van der Waals surface area contributed by atoms with E-state index in [-0.39, 0.29) is 23.2 Å². The van der Waals surface area contributed by atoms with Crippen LogP contribution in [0, 0.1) is 5.82 Å². The summed E-state index contributed by atoms with van der Waals surface area (Å²) in [6.07, 6.45) is 1.63. The second kappa shape index (κ2) is 15.2. The summed E-state index contributed by atoms with van der Waals surface area (Å²) in [4.78, 5) is 46.0. The van der Waals surface area contributed by atoms with Crippen molar-refractivity contribution in [2.75, 3.05) is 35.4 Å². The average Bonchev–Trinajstić information content (AvgIpc) is 3.53. The lowest BCUT2D eigenvalue weighted by atomic mass is 10.1. The first-order valence-electron chi connectivity index (χ1n) is 14.1. The van der Waals surface area contributed by atoms with Crippen molar-refractivity contribution in [3.63, 3.8) is 0 Å². The lowest BCUT2D eigenvalue weighted by Crippen LogP contribution is -2.30. The first kappa shape index (κ1) is 32.1. The van der Waals surface area contributed by atoms with Crippen LogP contribution in [0.15, 0.2) is 119 Å². The zero-order chi connectivity index (χ0) is 32.5. The molecule has 0 bridgehead atoms. The van der Waals surface area contributed by atoms with E-state index in [4.69, 9.17) is 0 Å². The van der Waals surface area contributed by atoms with Gasteiger partial charge in [0.1, 0.15) is 11.5 Å². The Morgan fingerprint density at radius 1 is 0.870 bits per heavy atom. The standard InChI is InChI=1S/C35H30FN5O3S2/c1-41(2)28-16-8-23(9-17-28)20-30(38-33(43)25-6-4-3-5-7-25)34(44)37-27-14-18-29(19-15-27)45-22-32(42)40-35-39-31(21-46-35)24-10-12-26(36)13-11-24/h3-21H,22H2,1-2H3,(H,37,44)(H,38,43)(H,39,40,42)/b30-20-. The molecule has 0 unspecified atom stereocenters. The summed E-state index contributed by atoms with van der Waals surface area (Å²) in [6, 6.07) is 29.4. The minimum Gasteiger partial charge on any atom is -0.378 e. The Hall–Kier alpha value is -5.26. The average molecular weight is 652 g/mol. The molecule has 232 valence electrons. The maximum absolute atomic E-state index is 13.4. The number of halogens is 1. The van der Waals surface area contributed by atoms with Gasteiger partial charge in [0.25, 0.3) is 11.8 Å². The van der Waals surface area contributed by atoms with Gasteiger partial charge >= 0.3 is 0 Å². The van der Waals surface area contributed by atoms with Crippen LogP contribution in [0.3, 0.4) is 0 Å². The molecule has 4 aromatic carbocycles. The molecule has 0 aliphatic heterocycles. The molecule has 0 radical (unpaired) electrons. The fraction of sp³-hybridized carbons (Fsp3) is 0.0857. The van der Waals surface area contributed by atoms with Crippen molar-refractivity contribution in [3.8, 4) is 11.3 Å². The van der Waals surface area contributed by atoms with E-state index >= 15 is 0 Å². The molecule has 1 heterocycles. The number of anilines is 3. The van der Waals surface area contributed by atoms with E-state index in [1.165, 1.54) is 35.2 Å². The van der Waals surface area contributed by atoms with E-state index < -0.39 is 11.8 Å². The molecule has 0 saturated heterocycles. The van der Waals surface area contributed by atoms with Gasteiger partial charge in [-0.2, -0.15) is 0 Å². The number of amides is 3. The number of nitrogens with one attached hydrogen (secondary N) is 3. The highest BCUT2D eigenvalue weighted by Crippen LogP contribution is 2.26. The molecular weight excluding hydrogens is 622 g/mol. The Balaban J connectivity index is 1.19. The third-order valence-corrected chi connectivity index (χ3v) is 8.39. The van der Waals surface area contributed by atoms with E-state index in [1.54, 1.807) is 72.1 Å². The van der Waals surface area contributed by atoms with E-state index in [9.17, 15) is 18.8 Å². The summed E-state index contributed by atoms with van der Waals surface area (Å²) in [5.41, 5.74) is 4.22. The van der Waals surface area contributed by atoms with Crippen molar-refractivity contribution in [2.45, 2.75) is 4.90 Å². The van der Waals surface area contributed by atoms with E-state index in [0.29, 0.717) is 22.1 Å². The van der Waals surface area contributed by atoms with Crippen molar-refractivity contribution in [1.82, 2.24) is 10.3 Å². The molecule has 0 spiro atoms. The lowest BCUT2D eigenvalue weighted by molar-refractivity contribution is -0.114. The van der Waals surface area contributed by atoms with Crippen LogP contribution in [0.5, 0.6) is 0 Å². The highest BCUT2D eigenvalue weighted by Gasteiger charge is 2.16. The Morgan fingerprint density at radius 2 is 1.57 bits per heavy atom. The van der Waals surface area contributed by atoms with E-state index in [0.717, 1.165) is 21.7 Å². The number of carbonyl (C=O) groups is 3. The molecule has 1 aromatic heterocycles. The molecule has 0 aliphatic rings. The highest BCUT2D eigenvalue weighted by atomic mass is 32.2. The molecule has 0 saturated carbocycles. The largest absolute Gasteiger partial charge is 0.378 e. The van der Waals surface area contributed by atoms with Crippen LogP contribution in [0.2, 0.25) is 0 Å². The molecule has 46 heavy (non-hydrogen) atoms. The molecular formula is C35H30FN5O3S2. The molecule has 3 amide bonds. The van der Waals surface area contributed by atoms with Gasteiger partial charge in [-0.3, -0.25) is 14.4 Å². The summed E-state index contributed by atoms with van der Waals surface area (Å²) in [5, 5.41) is 10.6. The zero-order valence-corrected chi connectivity index (χ0v) is 26.6. The molecule has 5 aromatic rings. The summed E-state index contributed by atoms with van der Waals surface area (Å²) >= 11 is 2.63. The molecule has 5 rings (SSSR count). The van der Waals surface area contributed by atoms with Gasteiger partial charge in [-0.05, 0) is 84.4 Å². The van der Waals surface area contributed by atoms with Gasteiger partial charge in [-0.25, -0.2) is 9.37 Å². The Bertz CT molecular complexity index is 1840. The SMILES string of the molecule is CN(C)c1ccc(/C=C(\NC(=O)c2ccccc2)C(=O)Nc2ccc(SCC(=O)Nc3nc(-c4ccc(F)cc4)cs3)cc2)cc1. The van der Waals surface area contributed by atoms with Gasteiger partial charge < -0.3 is 20.9 Å². The van der Waals surface area contributed by atoms with Crippen LogP contribution in [0.25, 0.3) is 17.3 Å². The molecule has 0 atom stereocenters. The number of nitrogens with zero attached hydrogens (tertiary/aromatic N) is 2. The number of aromatic nitrogens is 1. The Morgan fingerprint density at radius 3 is 2.24 bits per heavy atom. The molecule has 0 aliphatic carbocycles. The predicted molar refractivity (Wildman–Crippen MR) is 185 cm³/mol. The third-order valence-electron chi connectivity index (χ3n) is 6.62. The summed E-state index contributed by atoms with van der Waals surface area (Å²) in [6.45, 7) is 0. The summed E-state index contributed by atoms with van der Waals surface area (Å²) < 4.78 is 13.2. The number of benzene rings is 4.